The van der Waals surface area contributed by atoms with Crippen LogP contribution >= 0.6 is 0 Å². The van der Waals surface area contributed by atoms with E-state index in [0.29, 0.717) is 0 Å². The minimum absolute atomic E-state index is 0. The van der Waals surface area contributed by atoms with Crippen molar-refractivity contribution in [2.45, 2.75) is 77.6 Å². The minimum atomic E-state index is 0. The molecular formula is C18H29CaO+. The van der Waals surface area contributed by atoms with Crippen molar-refractivity contribution in [3.63, 3.8) is 0 Å². The Kier molecular flexibility index (Phi) is 14.4. The van der Waals surface area contributed by atoms with Gasteiger partial charge in [-0.05, 0) is 18.4 Å². The van der Waals surface area contributed by atoms with Gasteiger partial charge in [-0.25, -0.2) is 0 Å². The topological polar surface area (TPSA) is 23.1 Å². The van der Waals surface area contributed by atoms with Crippen molar-refractivity contribution in [2.24, 2.45) is 0 Å². The Morgan fingerprint density at radius 2 is 1.15 bits per heavy atom. The van der Waals surface area contributed by atoms with Crippen LogP contribution in [-0.4, -0.2) is 37.7 Å². The molecule has 0 heterocycles. The quantitative estimate of drug-likeness (QED) is 0.423. The molecule has 108 valence electrons. The van der Waals surface area contributed by atoms with E-state index in [4.69, 9.17) is 0 Å². The second kappa shape index (κ2) is 14.2. The van der Waals surface area contributed by atoms with Crippen LogP contribution in [-0.2, 0) is 6.42 Å². The van der Waals surface area contributed by atoms with Crippen LogP contribution in [0.2, 0.25) is 0 Å². The molecule has 0 atom stereocenters. The molecule has 0 bridgehead atoms. The van der Waals surface area contributed by atoms with Gasteiger partial charge in [0.25, 0.3) is 0 Å². The maximum Gasteiger partial charge on any atom is 2.00 e. The molecule has 1 rings (SSSR count). The molecule has 0 amide bonds. The monoisotopic (exact) mass is 301 g/mol. The van der Waals surface area contributed by atoms with Crippen molar-refractivity contribution >= 4 is 37.7 Å². The molecule has 0 fully saturated rings. The van der Waals surface area contributed by atoms with E-state index in [1.165, 1.54) is 69.8 Å². The van der Waals surface area contributed by atoms with Crippen molar-refractivity contribution in [2.75, 3.05) is 0 Å². The molecule has 0 aliphatic rings. The zero-order valence-electron chi connectivity index (χ0n) is 13.2. The van der Waals surface area contributed by atoms with Crippen molar-refractivity contribution in [3.8, 4) is 5.75 Å². The van der Waals surface area contributed by atoms with E-state index < -0.39 is 0 Å². The largest absolute Gasteiger partial charge is 2.00 e. The second-order valence-electron chi connectivity index (χ2n) is 5.58. The van der Waals surface area contributed by atoms with Gasteiger partial charge in [0, 0.05) is 0 Å². The molecule has 0 spiro atoms. The fourth-order valence-electron chi connectivity index (χ4n) is 2.47. The van der Waals surface area contributed by atoms with E-state index in [0.717, 1.165) is 6.42 Å². The maximum absolute atomic E-state index is 11.0. The zero-order chi connectivity index (χ0) is 13.8. The summed E-state index contributed by atoms with van der Waals surface area (Å²) in [6.07, 6.45) is 14.9. The van der Waals surface area contributed by atoms with Crippen LogP contribution in [0.25, 0.3) is 0 Å². The summed E-state index contributed by atoms with van der Waals surface area (Å²) in [6, 6.07) is 7.28. The van der Waals surface area contributed by atoms with Gasteiger partial charge in [-0.1, -0.05) is 89.0 Å². The van der Waals surface area contributed by atoms with E-state index >= 15 is 0 Å². The summed E-state index contributed by atoms with van der Waals surface area (Å²) in [6.45, 7) is 2.27. The fraction of sp³-hybridized carbons (Fsp3) is 0.667. The summed E-state index contributed by atoms with van der Waals surface area (Å²) >= 11 is 0. The van der Waals surface area contributed by atoms with Gasteiger partial charge in [0.1, 0.15) is 0 Å². The molecule has 1 nitrogen and oxygen atoms in total. The molecule has 1 aromatic carbocycles. The predicted octanol–water partition coefficient (Wildman–Crippen LogP) is 4.84. The van der Waals surface area contributed by atoms with Gasteiger partial charge in [0.2, 0.25) is 0 Å². The predicted molar refractivity (Wildman–Crippen MR) is 87.2 cm³/mol. The molecule has 0 radical (unpaired) electrons. The van der Waals surface area contributed by atoms with Crippen LogP contribution in [0.5, 0.6) is 5.75 Å². The third-order valence-electron chi connectivity index (χ3n) is 3.74. The van der Waals surface area contributed by atoms with Gasteiger partial charge in [-0.15, -0.1) is 5.75 Å². The first-order valence-electron chi connectivity index (χ1n) is 8.09. The summed E-state index contributed by atoms with van der Waals surface area (Å²) in [7, 11) is 0. The molecule has 20 heavy (non-hydrogen) atoms. The van der Waals surface area contributed by atoms with E-state index in [-0.39, 0.29) is 43.5 Å². The van der Waals surface area contributed by atoms with E-state index in [1.54, 1.807) is 12.1 Å². The molecule has 0 saturated carbocycles. The molecule has 0 aliphatic carbocycles. The Morgan fingerprint density at radius 3 is 1.65 bits per heavy atom. The third-order valence-corrected chi connectivity index (χ3v) is 3.74. The smallest absolute Gasteiger partial charge is 0.872 e. The van der Waals surface area contributed by atoms with Crippen molar-refractivity contribution in [1.29, 1.82) is 0 Å². The van der Waals surface area contributed by atoms with Crippen LogP contribution in [0, 0.1) is 0 Å². The first kappa shape index (κ1) is 20.3. The first-order valence-corrected chi connectivity index (χ1v) is 8.09. The SMILES string of the molecule is CCCCCCCCCCCCc1ccc([O-])cc1.[Ca+2]. The number of unbranched alkanes of at least 4 members (excludes halogenated alkanes) is 9. The molecule has 0 unspecified atom stereocenters. The Balaban J connectivity index is 0.00000361. The number of aryl methyl sites for hydroxylation is 1. The maximum atomic E-state index is 11.0. The van der Waals surface area contributed by atoms with Gasteiger partial charge in [0.05, 0.1) is 0 Å². The van der Waals surface area contributed by atoms with Crippen molar-refractivity contribution in [3.05, 3.63) is 29.8 Å². The fourth-order valence-corrected chi connectivity index (χ4v) is 2.47. The van der Waals surface area contributed by atoms with Crippen LogP contribution in [0.15, 0.2) is 24.3 Å². The van der Waals surface area contributed by atoms with Gasteiger partial charge >= 0.3 is 37.7 Å². The molecule has 0 saturated heterocycles. The molecule has 0 N–H and O–H groups in total. The molecule has 1 aromatic rings. The van der Waals surface area contributed by atoms with Crippen LogP contribution in [0.1, 0.15) is 76.7 Å². The number of benzene rings is 1. The summed E-state index contributed by atoms with van der Waals surface area (Å²) in [5, 5.41) is 11.0. The standard InChI is InChI=1S/C18H30O.Ca/c1-2-3-4-5-6-7-8-9-10-11-12-17-13-15-18(19)16-14-17;/h13-16,19H,2-12H2,1H3;/q;+2/p-1. The molecule has 2 heteroatoms. The van der Waals surface area contributed by atoms with Gasteiger partial charge in [0.15, 0.2) is 0 Å². The van der Waals surface area contributed by atoms with Crippen molar-refractivity contribution < 1.29 is 5.11 Å². The van der Waals surface area contributed by atoms with Crippen LogP contribution in [0.4, 0.5) is 0 Å². The average Bonchev–Trinajstić information content (AvgIpc) is 2.43. The second-order valence-corrected chi connectivity index (χ2v) is 5.58. The molecular weight excluding hydrogens is 272 g/mol. The van der Waals surface area contributed by atoms with Crippen LogP contribution in [0.3, 0.4) is 0 Å². The normalized spacial score (nSPS) is 10.2. The molecule has 0 aromatic heterocycles. The molecule has 0 aliphatic heterocycles. The zero-order valence-corrected chi connectivity index (χ0v) is 15.4. The van der Waals surface area contributed by atoms with Crippen molar-refractivity contribution in [1.82, 2.24) is 0 Å². The van der Waals surface area contributed by atoms with Gasteiger partial charge in [-0.2, -0.15) is 0 Å². The number of rotatable bonds is 11. The summed E-state index contributed by atoms with van der Waals surface area (Å²) in [5.41, 5.74) is 1.30. The average molecular weight is 302 g/mol. The van der Waals surface area contributed by atoms with E-state index in [9.17, 15) is 5.11 Å². The van der Waals surface area contributed by atoms with E-state index in [1.807, 2.05) is 12.1 Å². The van der Waals surface area contributed by atoms with Gasteiger partial charge < -0.3 is 5.11 Å². The van der Waals surface area contributed by atoms with E-state index in [2.05, 4.69) is 6.92 Å². The first-order chi connectivity index (χ1) is 9.33. The Hall–Kier alpha value is 0.280. The Bertz CT molecular complexity index is 308. The number of hydrogen-bond acceptors (Lipinski definition) is 1. The van der Waals surface area contributed by atoms with Gasteiger partial charge in [-0.3, -0.25) is 0 Å². The number of hydrogen-bond donors (Lipinski definition) is 0. The summed E-state index contributed by atoms with van der Waals surface area (Å²) < 4.78 is 0. The minimum Gasteiger partial charge on any atom is -0.872 e. The Labute approximate surface area is 155 Å². The Morgan fingerprint density at radius 1 is 0.700 bits per heavy atom. The summed E-state index contributed by atoms with van der Waals surface area (Å²) in [5.74, 6) is 0.117. The summed E-state index contributed by atoms with van der Waals surface area (Å²) in [4.78, 5) is 0. The third kappa shape index (κ3) is 11.0. The van der Waals surface area contributed by atoms with Crippen LogP contribution < -0.4 is 5.11 Å².